The maximum absolute atomic E-state index is 13.4. The number of thiazole rings is 1. The molecule has 0 atom stereocenters. The molecule has 0 aliphatic carbocycles. The fraction of sp³-hybridized carbons (Fsp3) is 0.238. The van der Waals surface area contributed by atoms with Crippen LogP contribution in [-0.2, 0) is 10.0 Å². The number of aromatic nitrogens is 1. The van der Waals surface area contributed by atoms with Gasteiger partial charge in [0.05, 0.1) is 16.3 Å². The van der Waals surface area contributed by atoms with Gasteiger partial charge in [-0.1, -0.05) is 38.1 Å². The molecule has 0 bridgehead atoms. The summed E-state index contributed by atoms with van der Waals surface area (Å²) in [5.41, 5.74) is 1.77. The third-order valence-electron chi connectivity index (χ3n) is 4.44. The van der Waals surface area contributed by atoms with Crippen molar-refractivity contribution in [2.45, 2.75) is 25.7 Å². The van der Waals surface area contributed by atoms with Crippen molar-refractivity contribution in [2.24, 2.45) is 0 Å². The van der Waals surface area contributed by atoms with E-state index in [0.717, 1.165) is 5.69 Å². The van der Waals surface area contributed by atoms with Gasteiger partial charge in [0.15, 0.2) is 5.13 Å². The van der Waals surface area contributed by atoms with Gasteiger partial charge in [0.2, 0.25) is 10.0 Å². The summed E-state index contributed by atoms with van der Waals surface area (Å²) in [5.74, 6) is -0.331. The van der Waals surface area contributed by atoms with Gasteiger partial charge in [-0.15, -0.1) is 11.3 Å². The van der Waals surface area contributed by atoms with Gasteiger partial charge >= 0.3 is 0 Å². The summed E-state index contributed by atoms with van der Waals surface area (Å²) in [6.07, 6.45) is 0. The quantitative estimate of drug-likeness (QED) is 0.556. The van der Waals surface area contributed by atoms with Gasteiger partial charge < -0.3 is 0 Å². The Morgan fingerprint density at radius 2 is 1.72 bits per heavy atom. The highest BCUT2D eigenvalue weighted by Crippen LogP contribution is 2.30. The van der Waals surface area contributed by atoms with Crippen molar-refractivity contribution in [2.75, 3.05) is 18.0 Å². The van der Waals surface area contributed by atoms with E-state index >= 15 is 0 Å². The lowest BCUT2D eigenvalue weighted by atomic mass is 10.2. The van der Waals surface area contributed by atoms with Crippen molar-refractivity contribution >= 4 is 38.1 Å². The Bertz CT molecular complexity index is 1090. The van der Waals surface area contributed by atoms with Gasteiger partial charge in [-0.2, -0.15) is 4.31 Å². The summed E-state index contributed by atoms with van der Waals surface area (Å²) in [6, 6.07) is 15.4. The van der Waals surface area contributed by atoms with Gasteiger partial charge in [0.1, 0.15) is 0 Å². The Morgan fingerprint density at radius 3 is 2.31 bits per heavy atom. The number of amides is 1. The summed E-state index contributed by atoms with van der Waals surface area (Å²) in [5, 5.41) is 2.41. The molecule has 0 spiro atoms. The zero-order valence-electron chi connectivity index (χ0n) is 16.6. The number of rotatable bonds is 7. The second-order valence-electron chi connectivity index (χ2n) is 6.36. The highest BCUT2D eigenvalue weighted by Gasteiger charge is 2.26. The molecule has 0 aliphatic heterocycles. The molecule has 1 heterocycles. The second-order valence-corrected chi connectivity index (χ2v) is 9.14. The first-order valence-electron chi connectivity index (χ1n) is 9.30. The van der Waals surface area contributed by atoms with Gasteiger partial charge in [-0.25, -0.2) is 13.4 Å². The number of nitrogens with zero attached hydrogens (tertiary/aromatic N) is 3. The highest BCUT2D eigenvalue weighted by atomic mass is 32.2. The van der Waals surface area contributed by atoms with Gasteiger partial charge in [-0.3, -0.25) is 9.69 Å². The molecule has 29 heavy (non-hydrogen) atoms. The summed E-state index contributed by atoms with van der Waals surface area (Å²) in [4.78, 5) is 19.5. The minimum Gasteiger partial charge on any atom is -0.268 e. The maximum atomic E-state index is 13.4. The van der Waals surface area contributed by atoms with Crippen LogP contribution in [0.4, 0.5) is 10.8 Å². The Hall–Kier alpha value is -2.55. The molecule has 152 valence electrons. The van der Waals surface area contributed by atoms with Crippen molar-refractivity contribution in [1.82, 2.24) is 9.29 Å². The lowest BCUT2D eigenvalue weighted by molar-refractivity contribution is 0.0999. The summed E-state index contributed by atoms with van der Waals surface area (Å²) in [7, 11) is -3.66. The fourth-order valence-corrected chi connectivity index (χ4v) is 5.29. The smallest absolute Gasteiger partial charge is 0.264 e. The van der Waals surface area contributed by atoms with E-state index in [1.807, 2.05) is 42.6 Å². The molecular weight excluding hydrogens is 406 g/mol. The lowest BCUT2D eigenvalue weighted by Gasteiger charge is -2.21. The van der Waals surface area contributed by atoms with Gasteiger partial charge in [-0.05, 0) is 37.3 Å². The number of carbonyl (C=O) groups excluding carboxylic acids is 1. The summed E-state index contributed by atoms with van der Waals surface area (Å²) >= 11 is 1.36. The zero-order valence-corrected chi connectivity index (χ0v) is 18.2. The van der Waals surface area contributed by atoms with Crippen LogP contribution in [-0.4, -0.2) is 36.7 Å². The number of anilines is 2. The highest BCUT2D eigenvalue weighted by molar-refractivity contribution is 7.89. The molecule has 0 aliphatic rings. The van der Waals surface area contributed by atoms with Crippen molar-refractivity contribution in [1.29, 1.82) is 0 Å². The third kappa shape index (κ3) is 4.39. The molecule has 0 N–H and O–H groups in total. The molecule has 1 amide bonds. The van der Waals surface area contributed by atoms with Crippen molar-refractivity contribution in [3.8, 4) is 0 Å². The lowest BCUT2D eigenvalue weighted by Crippen LogP contribution is -2.31. The first-order chi connectivity index (χ1) is 13.9. The molecule has 3 rings (SSSR count). The number of aryl methyl sites for hydroxylation is 1. The number of hydrogen-bond donors (Lipinski definition) is 0. The van der Waals surface area contributed by atoms with Crippen LogP contribution in [0.5, 0.6) is 0 Å². The molecule has 3 aromatic rings. The van der Waals surface area contributed by atoms with Crippen LogP contribution in [0.25, 0.3) is 0 Å². The van der Waals surface area contributed by atoms with E-state index in [-0.39, 0.29) is 16.4 Å². The van der Waals surface area contributed by atoms with E-state index < -0.39 is 10.0 Å². The maximum Gasteiger partial charge on any atom is 0.264 e. The number of para-hydroxylation sites is 1. The second kappa shape index (κ2) is 8.86. The largest absolute Gasteiger partial charge is 0.268 e. The van der Waals surface area contributed by atoms with Crippen molar-refractivity contribution in [3.05, 3.63) is 71.2 Å². The van der Waals surface area contributed by atoms with Crippen molar-refractivity contribution < 1.29 is 13.2 Å². The van der Waals surface area contributed by atoms with Gasteiger partial charge in [0, 0.05) is 24.0 Å². The normalized spacial score (nSPS) is 11.6. The molecule has 6 nitrogen and oxygen atoms in total. The van der Waals surface area contributed by atoms with E-state index in [2.05, 4.69) is 4.98 Å². The number of hydrogen-bond acceptors (Lipinski definition) is 5. The van der Waals surface area contributed by atoms with E-state index in [4.69, 9.17) is 0 Å². The Labute approximate surface area is 175 Å². The third-order valence-corrected chi connectivity index (χ3v) is 7.43. The fourth-order valence-electron chi connectivity index (χ4n) is 2.97. The van der Waals surface area contributed by atoms with Crippen LogP contribution < -0.4 is 4.90 Å². The van der Waals surface area contributed by atoms with Crippen LogP contribution >= 0.6 is 11.3 Å². The number of benzene rings is 2. The Kier molecular flexibility index (Phi) is 6.46. The molecule has 0 fully saturated rings. The Balaban J connectivity index is 2.06. The van der Waals surface area contributed by atoms with Crippen LogP contribution in [0, 0.1) is 6.92 Å². The van der Waals surface area contributed by atoms with Crippen LogP contribution in [0.1, 0.15) is 29.9 Å². The average molecular weight is 430 g/mol. The molecule has 8 heteroatoms. The van der Waals surface area contributed by atoms with Crippen LogP contribution in [0.2, 0.25) is 0 Å². The SMILES string of the molecule is CCN(CC)S(=O)(=O)c1cccc(C(=O)N(c2ccccc2)c2nc(C)cs2)c1. The number of carbonyl (C=O) groups is 1. The van der Waals surface area contributed by atoms with Crippen LogP contribution in [0.3, 0.4) is 0 Å². The minimum atomic E-state index is -3.66. The first kappa shape index (κ1) is 21.2. The molecular formula is C21H23N3O3S2. The predicted octanol–water partition coefficient (Wildman–Crippen LogP) is 4.46. The Morgan fingerprint density at radius 1 is 1.03 bits per heavy atom. The van der Waals surface area contributed by atoms with Crippen molar-refractivity contribution in [3.63, 3.8) is 0 Å². The first-order valence-corrected chi connectivity index (χ1v) is 11.6. The molecule has 2 aromatic carbocycles. The van der Waals surface area contributed by atoms with Crippen LogP contribution in [0.15, 0.2) is 64.9 Å². The molecule has 0 saturated carbocycles. The van der Waals surface area contributed by atoms with E-state index in [9.17, 15) is 13.2 Å². The minimum absolute atomic E-state index is 0.107. The zero-order chi connectivity index (χ0) is 21.0. The van der Waals surface area contributed by atoms with E-state index in [1.54, 1.807) is 26.0 Å². The molecule has 0 saturated heterocycles. The number of sulfonamides is 1. The van der Waals surface area contributed by atoms with E-state index in [0.29, 0.717) is 23.9 Å². The molecule has 0 unspecified atom stereocenters. The topological polar surface area (TPSA) is 70.6 Å². The molecule has 1 aromatic heterocycles. The van der Waals surface area contributed by atoms with Gasteiger partial charge in [0.25, 0.3) is 5.91 Å². The standard InChI is InChI=1S/C21H23N3O3S2/c1-4-23(5-2)29(26,27)19-13-9-10-17(14-19)20(25)24(18-11-7-6-8-12-18)21-22-16(3)15-28-21/h6-15H,4-5H2,1-3H3. The average Bonchev–Trinajstić information content (AvgIpc) is 3.15. The monoisotopic (exact) mass is 429 g/mol. The van der Waals surface area contributed by atoms with E-state index in [1.165, 1.54) is 32.7 Å². The predicted molar refractivity (Wildman–Crippen MR) is 116 cm³/mol. The summed E-state index contributed by atoms with van der Waals surface area (Å²) in [6.45, 7) is 6.18. The molecule has 0 radical (unpaired) electrons. The summed E-state index contributed by atoms with van der Waals surface area (Å²) < 4.78 is 27.1.